The minimum atomic E-state index is -0.125. The molecule has 1 fully saturated rings. The van der Waals surface area contributed by atoms with Gasteiger partial charge in [0.05, 0.1) is 6.04 Å². The molecule has 1 N–H and O–H groups in total. The fraction of sp³-hybridized carbons (Fsp3) is 0.533. The third-order valence-corrected chi connectivity index (χ3v) is 3.45. The monoisotopic (exact) mass is 246 g/mol. The summed E-state index contributed by atoms with van der Waals surface area (Å²) in [5.41, 5.74) is 2.25. The second-order valence-electron chi connectivity index (χ2n) is 5.69. The Hall–Kier alpha value is -1.35. The van der Waals surface area contributed by atoms with Crippen LogP contribution in [0.3, 0.4) is 0 Å². The number of rotatable bonds is 2. The minimum absolute atomic E-state index is 0.0449. The molecule has 1 aromatic rings. The molecule has 3 nitrogen and oxygen atoms in total. The lowest BCUT2D eigenvalue weighted by atomic mass is 9.98. The van der Waals surface area contributed by atoms with E-state index in [0.717, 1.165) is 12.1 Å². The Morgan fingerprint density at radius 1 is 1.33 bits per heavy atom. The fourth-order valence-electron chi connectivity index (χ4n) is 2.53. The average Bonchev–Trinajstić information content (AvgIpc) is 2.33. The van der Waals surface area contributed by atoms with Crippen molar-refractivity contribution in [1.29, 1.82) is 0 Å². The number of piperazine rings is 1. The van der Waals surface area contributed by atoms with Gasteiger partial charge >= 0.3 is 0 Å². The molecule has 98 valence electrons. The van der Waals surface area contributed by atoms with E-state index in [4.69, 9.17) is 0 Å². The van der Waals surface area contributed by atoms with Gasteiger partial charge < -0.3 is 4.90 Å². The van der Waals surface area contributed by atoms with Gasteiger partial charge in [-0.2, -0.15) is 0 Å². The van der Waals surface area contributed by atoms with Crippen molar-refractivity contribution in [2.24, 2.45) is 0 Å². The summed E-state index contributed by atoms with van der Waals surface area (Å²) < 4.78 is 0. The Morgan fingerprint density at radius 3 is 2.50 bits per heavy atom. The van der Waals surface area contributed by atoms with Gasteiger partial charge in [-0.25, -0.2) is 0 Å². The highest BCUT2D eigenvalue weighted by molar-refractivity contribution is 5.98. The molecular formula is C15H22N2O. The number of anilines is 1. The number of amides is 1. The van der Waals surface area contributed by atoms with Gasteiger partial charge in [-0.1, -0.05) is 19.1 Å². The van der Waals surface area contributed by atoms with E-state index in [2.05, 4.69) is 38.2 Å². The van der Waals surface area contributed by atoms with Crippen LogP contribution in [0.15, 0.2) is 24.3 Å². The van der Waals surface area contributed by atoms with E-state index in [1.807, 2.05) is 24.0 Å². The predicted molar refractivity (Wildman–Crippen MR) is 74.8 cm³/mol. The molecule has 0 radical (unpaired) electrons. The maximum absolute atomic E-state index is 12.2. The van der Waals surface area contributed by atoms with Crippen LogP contribution in [0.4, 0.5) is 5.69 Å². The van der Waals surface area contributed by atoms with Crippen LogP contribution in [0.25, 0.3) is 0 Å². The SMILES string of the molecule is CCc1ccc(N2CC(C)(C)NC(C)C2=O)cc1. The first kappa shape index (κ1) is 13.1. The largest absolute Gasteiger partial charge is 0.309 e. The van der Waals surface area contributed by atoms with Crippen LogP contribution in [0.5, 0.6) is 0 Å². The van der Waals surface area contributed by atoms with Crippen molar-refractivity contribution in [3.63, 3.8) is 0 Å². The van der Waals surface area contributed by atoms with Gasteiger partial charge in [0.15, 0.2) is 0 Å². The van der Waals surface area contributed by atoms with E-state index < -0.39 is 0 Å². The van der Waals surface area contributed by atoms with E-state index in [-0.39, 0.29) is 17.5 Å². The topological polar surface area (TPSA) is 32.3 Å². The number of nitrogens with one attached hydrogen (secondary N) is 1. The van der Waals surface area contributed by atoms with Gasteiger partial charge in [0, 0.05) is 17.8 Å². The number of hydrogen-bond donors (Lipinski definition) is 1. The molecule has 0 saturated carbocycles. The van der Waals surface area contributed by atoms with Crippen LogP contribution in [0, 0.1) is 0 Å². The molecule has 18 heavy (non-hydrogen) atoms. The average molecular weight is 246 g/mol. The quantitative estimate of drug-likeness (QED) is 0.868. The Morgan fingerprint density at radius 2 is 1.94 bits per heavy atom. The fourth-order valence-corrected chi connectivity index (χ4v) is 2.53. The van der Waals surface area contributed by atoms with Crippen LogP contribution in [0.2, 0.25) is 0 Å². The van der Waals surface area contributed by atoms with E-state index in [1.54, 1.807) is 0 Å². The molecule has 1 atom stereocenters. The van der Waals surface area contributed by atoms with Crippen molar-refractivity contribution in [2.75, 3.05) is 11.4 Å². The molecule has 1 amide bonds. The third-order valence-electron chi connectivity index (χ3n) is 3.45. The molecule has 1 saturated heterocycles. The molecule has 0 aromatic heterocycles. The molecule has 0 spiro atoms. The molecular weight excluding hydrogens is 224 g/mol. The van der Waals surface area contributed by atoms with E-state index in [9.17, 15) is 4.79 Å². The molecule has 1 aliphatic heterocycles. The van der Waals surface area contributed by atoms with Gasteiger partial charge in [0.1, 0.15) is 0 Å². The summed E-state index contributed by atoms with van der Waals surface area (Å²) in [6, 6.07) is 8.17. The van der Waals surface area contributed by atoms with Crippen LogP contribution < -0.4 is 10.2 Å². The van der Waals surface area contributed by atoms with Crippen molar-refractivity contribution in [1.82, 2.24) is 5.32 Å². The van der Waals surface area contributed by atoms with E-state index in [0.29, 0.717) is 6.54 Å². The minimum Gasteiger partial charge on any atom is -0.309 e. The van der Waals surface area contributed by atoms with Crippen LogP contribution in [0.1, 0.15) is 33.3 Å². The lowest BCUT2D eigenvalue weighted by Crippen LogP contribution is -2.64. The Labute approximate surface area is 109 Å². The van der Waals surface area contributed by atoms with E-state index >= 15 is 0 Å². The molecule has 1 unspecified atom stereocenters. The van der Waals surface area contributed by atoms with Crippen molar-refractivity contribution in [3.8, 4) is 0 Å². The highest BCUT2D eigenvalue weighted by Crippen LogP contribution is 2.23. The lowest BCUT2D eigenvalue weighted by Gasteiger charge is -2.42. The van der Waals surface area contributed by atoms with Gasteiger partial charge in [-0.05, 0) is 44.9 Å². The number of carbonyl (C=O) groups is 1. The van der Waals surface area contributed by atoms with Gasteiger partial charge in [-0.3, -0.25) is 10.1 Å². The highest BCUT2D eigenvalue weighted by atomic mass is 16.2. The lowest BCUT2D eigenvalue weighted by molar-refractivity contribution is -0.122. The Kier molecular flexibility index (Phi) is 3.44. The van der Waals surface area contributed by atoms with Crippen molar-refractivity contribution in [3.05, 3.63) is 29.8 Å². The van der Waals surface area contributed by atoms with Crippen LogP contribution in [-0.4, -0.2) is 24.0 Å². The first-order valence-electron chi connectivity index (χ1n) is 6.61. The number of hydrogen-bond acceptors (Lipinski definition) is 2. The molecule has 1 heterocycles. The maximum Gasteiger partial charge on any atom is 0.243 e. The zero-order chi connectivity index (χ0) is 13.3. The number of carbonyl (C=O) groups excluding carboxylic acids is 1. The number of benzene rings is 1. The standard InChI is InChI=1S/C15H22N2O/c1-5-12-6-8-13(9-7-12)17-10-15(3,4)16-11(2)14(17)18/h6-9,11,16H,5,10H2,1-4H3. The molecule has 2 rings (SSSR count). The summed E-state index contributed by atoms with van der Waals surface area (Å²) in [6.07, 6.45) is 1.03. The summed E-state index contributed by atoms with van der Waals surface area (Å²) in [7, 11) is 0. The Bertz CT molecular complexity index is 436. The zero-order valence-corrected chi connectivity index (χ0v) is 11.7. The van der Waals surface area contributed by atoms with Gasteiger partial charge in [-0.15, -0.1) is 0 Å². The Balaban J connectivity index is 2.26. The number of aryl methyl sites for hydroxylation is 1. The third kappa shape index (κ3) is 2.56. The number of nitrogens with zero attached hydrogens (tertiary/aromatic N) is 1. The van der Waals surface area contributed by atoms with Gasteiger partial charge in [0.25, 0.3) is 0 Å². The van der Waals surface area contributed by atoms with Crippen LogP contribution in [-0.2, 0) is 11.2 Å². The maximum atomic E-state index is 12.2. The highest BCUT2D eigenvalue weighted by Gasteiger charge is 2.36. The first-order chi connectivity index (χ1) is 8.43. The van der Waals surface area contributed by atoms with Crippen molar-refractivity contribution in [2.45, 2.75) is 45.7 Å². The normalized spacial score (nSPS) is 23.2. The molecule has 1 aliphatic rings. The second-order valence-corrected chi connectivity index (χ2v) is 5.69. The summed E-state index contributed by atoms with van der Waals surface area (Å²) in [5.74, 6) is 0.151. The summed E-state index contributed by atoms with van der Waals surface area (Å²) in [5, 5.41) is 3.34. The first-order valence-corrected chi connectivity index (χ1v) is 6.61. The summed E-state index contributed by atoms with van der Waals surface area (Å²) in [4.78, 5) is 14.1. The second kappa shape index (κ2) is 4.73. The predicted octanol–water partition coefficient (Wildman–Crippen LogP) is 2.35. The summed E-state index contributed by atoms with van der Waals surface area (Å²) in [6.45, 7) is 9.03. The molecule has 0 bridgehead atoms. The van der Waals surface area contributed by atoms with Crippen molar-refractivity contribution < 1.29 is 4.79 Å². The summed E-state index contributed by atoms with van der Waals surface area (Å²) >= 11 is 0. The van der Waals surface area contributed by atoms with Crippen molar-refractivity contribution >= 4 is 11.6 Å². The smallest absolute Gasteiger partial charge is 0.243 e. The van der Waals surface area contributed by atoms with Gasteiger partial charge in [0.2, 0.25) is 5.91 Å². The van der Waals surface area contributed by atoms with Crippen LogP contribution >= 0.6 is 0 Å². The molecule has 3 heteroatoms. The van der Waals surface area contributed by atoms with E-state index in [1.165, 1.54) is 5.56 Å². The molecule has 0 aliphatic carbocycles. The zero-order valence-electron chi connectivity index (χ0n) is 11.7. The molecule has 1 aromatic carbocycles.